The van der Waals surface area contributed by atoms with Gasteiger partial charge in [0.1, 0.15) is 0 Å². The maximum Gasteiger partial charge on any atom is 0.252 e. The third-order valence-electron chi connectivity index (χ3n) is 3.87. The zero-order valence-corrected chi connectivity index (χ0v) is 17.3. The molecule has 0 aliphatic carbocycles. The Bertz CT molecular complexity index is 914. The monoisotopic (exact) mass is 445 g/mol. The number of benzene rings is 2. The first-order valence-corrected chi connectivity index (χ1v) is 10.4. The minimum Gasteiger partial charge on any atom is -0.352 e. The van der Waals surface area contributed by atoms with Gasteiger partial charge in [-0.25, -0.2) is 0 Å². The highest BCUT2D eigenvalue weighted by Crippen LogP contribution is 2.25. The molecule has 1 aromatic heterocycles. The number of amides is 1. The Hall–Kier alpha value is -2.12. The second-order valence-corrected chi connectivity index (χ2v) is 7.94. The molecule has 0 unspecified atom stereocenters. The molecule has 0 saturated heterocycles. The van der Waals surface area contributed by atoms with Crippen molar-refractivity contribution in [2.24, 2.45) is 0 Å². The van der Waals surface area contributed by atoms with Crippen LogP contribution >= 0.6 is 27.7 Å². The van der Waals surface area contributed by atoms with Gasteiger partial charge in [-0.1, -0.05) is 45.4 Å². The van der Waals surface area contributed by atoms with Crippen LogP contribution in [0.3, 0.4) is 0 Å². The molecule has 3 rings (SSSR count). The number of thioether (sulfide) groups is 1. The van der Waals surface area contributed by atoms with Crippen molar-refractivity contribution >= 4 is 33.6 Å². The molecule has 1 N–H and O–H groups in total. The van der Waals surface area contributed by atoms with Crippen LogP contribution in [0.4, 0.5) is 0 Å². The van der Waals surface area contributed by atoms with Crippen molar-refractivity contribution in [3.05, 3.63) is 75.8 Å². The number of aromatic nitrogens is 2. The zero-order valence-electron chi connectivity index (χ0n) is 14.9. The van der Waals surface area contributed by atoms with E-state index >= 15 is 0 Å². The Morgan fingerprint density at radius 3 is 2.85 bits per heavy atom. The van der Waals surface area contributed by atoms with Gasteiger partial charge < -0.3 is 9.84 Å². The van der Waals surface area contributed by atoms with Crippen LogP contribution in [0, 0.1) is 6.92 Å². The van der Waals surface area contributed by atoms with E-state index < -0.39 is 0 Å². The zero-order chi connectivity index (χ0) is 19.1. The number of carbonyl (C=O) groups excluding carboxylic acids is 1. The van der Waals surface area contributed by atoms with Gasteiger partial charge in [0.15, 0.2) is 5.82 Å². The molecule has 1 heterocycles. The van der Waals surface area contributed by atoms with Crippen LogP contribution in [-0.4, -0.2) is 22.6 Å². The number of aryl methyl sites for hydroxylation is 2. The quantitative estimate of drug-likeness (QED) is 0.398. The topological polar surface area (TPSA) is 68.0 Å². The van der Waals surface area contributed by atoms with E-state index in [9.17, 15) is 4.79 Å². The molecule has 0 spiro atoms. The summed E-state index contributed by atoms with van der Waals surface area (Å²) in [6.45, 7) is 2.42. The van der Waals surface area contributed by atoms with Gasteiger partial charge in [-0.3, -0.25) is 4.79 Å². The Kier molecular flexibility index (Phi) is 7.06. The highest BCUT2D eigenvalue weighted by Gasteiger charge is 2.12. The minimum absolute atomic E-state index is 0.0611. The Labute approximate surface area is 171 Å². The lowest BCUT2D eigenvalue weighted by Gasteiger charge is -2.09. The van der Waals surface area contributed by atoms with Gasteiger partial charge in [0.2, 0.25) is 5.89 Å². The molecule has 0 aliphatic heterocycles. The molecule has 7 heteroatoms. The van der Waals surface area contributed by atoms with E-state index in [4.69, 9.17) is 4.52 Å². The van der Waals surface area contributed by atoms with Gasteiger partial charge in [-0.15, -0.1) is 11.8 Å². The van der Waals surface area contributed by atoms with Crippen molar-refractivity contribution in [1.82, 2.24) is 15.5 Å². The molecule has 3 aromatic rings. The molecule has 140 valence electrons. The van der Waals surface area contributed by atoms with Crippen LogP contribution in [-0.2, 0) is 12.2 Å². The molecule has 5 nitrogen and oxygen atoms in total. The van der Waals surface area contributed by atoms with Gasteiger partial charge in [-0.05, 0) is 49.6 Å². The van der Waals surface area contributed by atoms with Gasteiger partial charge >= 0.3 is 0 Å². The van der Waals surface area contributed by atoms with Crippen LogP contribution in [0.25, 0.3) is 0 Å². The van der Waals surface area contributed by atoms with Crippen LogP contribution < -0.4 is 5.32 Å². The largest absolute Gasteiger partial charge is 0.352 e. The Balaban J connectivity index is 1.51. The van der Waals surface area contributed by atoms with Crippen LogP contribution in [0.5, 0.6) is 0 Å². The molecule has 0 fully saturated rings. The normalized spacial score (nSPS) is 10.7. The second-order valence-electron chi connectivity index (χ2n) is 6.01. The SMILES string of the molecule is Cc1noc(CSc2ccccc2C(=O)NCCCc2cccc(Br)c2)n1. The van der Waals surface area contributed by atoms with Crippen molar-refractivity contribution in [3.8, 4) is 0 Å². The summed E-state index contributed by atoms with van der Waals surface area (Å²) in [5.74, 6) is 1.64. The summed E-state index contributed by atoms with van der Waals surface area (Å²) in [7, 11) is 0. The van der Waals surface area contributed by atoms with Crippen molar-refractivity contribution in [2.45, 2.75) is 30.4 Å². The summed E-state index contributed by atoms with van der Waals surface area (Å²) in [6, 6.07) is 15.8. The minimum atomic E-state index is -0.0611. The summed E-state index contributed by atoms with van der Waals surface area (Å²) < 4.78 is 6.21. The van der Waals surface area contributed by atoms with Gasteiger partial charge in [-0.2, -0.15) is 4.98 Å². The lowest BCUT2D eigenvalue weighted by Crippen LogP contribution is -2.25. The number of rotatable bonds is 8. The van der Waals surface area contributed by atoms with E-state index in [2.05, 4.69) is 43.5 Å². The molecule has 27 heavy (non-hydrogen) atoms. The molecule has 1 amide bonds. The van der Waals surface area contributed by atoms with Crippen LogP contribution in [0.2, 0.25) is 0 Å². The van der Waals surface area contributed by atoms with E-state index in [-0.39, 0.29) is 5.91 Å². The van der Waals surface area contributed by atoms with Crippen LogP contribution in [0.15, 0.2) is 62.4 Å². The Morgan fingerprint density at radius 2 is 2.07 bits per heavy atom. The van der Waals surface area contributed by atoms with Gasteiger partial charge in [0.05, 0.1) is 11.3 Å². The van der Waals surface area contributed by atoms with E-state index in [0.29, 0.717) is 29.6 Å². The number of halogens is 1. The summed E-state index contributed by atoms with van der Waals surface area (Å²) in [5.41, 5.74) is 1.92. The lowest BCUT2D eigenvalue weighted by molar-refractivity contribution is 0.0950. The first-order chi connectivity index (χ1) is 13.1. The van der Waals surface area contributed by atoms with Crippen molar-refractivity contribution < 1.29 is 9.32 Å². The number of hydrogen-bond acceptors (Lipinski definition) is 5. The molecule has 0 bridgehead atoms. The first kappa shape index (κ1) is 19.6. The smallest absolute Gasteiger partial charge is 0.252 e. The molecular formula is C20H20BrN3O2S. The predicted molar refractivity (Wildman–Crippen MR) is 110 cm³/mol. The maximum absolute atomic E-state index is 12.6. The average molecular weight is 446 g/mol. The van der Waals surface area contributed by atoms with E-state index in [0.717, 1.165) is 22.2 Å². The standard InChI is InChI=1S/C20H20BrN3O2S/c1-14-23-19(26-24-14)13-27-18-10-3-2-9-17(18)20(25)22-11-5-7-15-6-4-8-16(21)12-15/h2-4,6,8-10,12H,5,7,11,13H2,1H3,(H,22,25). The molecule has 0 atom stereocenters. The molecule has 2 aromatic carbocycles. The van der Waals surface area contributed by atoms with Crippen molar-refractivity contribution in [1.29, 1.82) is 0 Å². The summed E-state index contributed by atoms with van der Waals surface area (Å²) >= 11 is 5.00. The number of nitrogens with one attached hydrogen (secondary N) is 1. The van der Waals surface area contributed by atoms with Crippen molar-refractivity contribution in [2.75, 3.05) is 6.54 Å². The third kappa shape index (κ3) is 5.94. The second kappa shape index (κ2) is 9.71. The van der Waals surface area contributed by atoms with Crippen LogP contribution in [0.1, 0.15) is 34.1 Å². The van der Waals surface area contributed by atoms with E-state index in [1.807, 2.05) is 36.4 Å². The lowest BCUT2D eigenvalue weighted by atomic mass is 10.1. The fourth-order valence-electron chi connectivity index (χ4n) is 2.60. The fourth-order valence-corrected chi connectivity index (χ4v) is 3.93. The van der Waals surface area contributed by atoms with Gasteiger partial charge in [0.25, 0.3) is 5.91 Å². The maximum atomic E-state index is 12.6. The first-order valence-electron chi connectivity index (χ1n) is 8.65. The van der Waals surface area contributed by atoms with Crippen molar-refractivity contribution in [3.63, 3.8) is 0 Å². The van der Waals surface area contributed by atoms with E-state index in [1.165, 1.54) is 17.3 Å². The van der Waals surface area contributed by atoms with E-state index in [1.54, 1.807) is 6.92 Å². The number of hydrogen-bond donors (Lipinski definition) is 1. The summed E-state index contributed by atoms with van der Waals surface area (Å²) in [5, 5.41) is 6.80. The molecular weight excluding hydrogens is 426 g/mol. The fraction of sp³-hybridized carbons (Fsp3) is 0.250. The number of nitrogens with zero attached hydrogens (tertiary/aromatic N) is 2. The predicted octanol–water partition coefficient (Wildman–Crippen LogP) is 4.80. The molecule has 0 radical (unpaired) electrons. The Morgan fingerprint density at radius 1 is 1.22 bits per heavy atom. The molecule has 0 aliphatic rings. The average Bonchev–Trinajstić information content (AvgIpc) is 3.09. The molecule has 0 saturated carbocycles. The highest BCUT2D eigenvalue weighted by molar-refractivity contribution is 9.10. The van der Waals surface area contributed by atoms with Gasteiger partial charge in [0, 0.05) is 15.9 Å². The summed E-state index contributed by atoms with van der Waals surface area (Å²) in [6.07, 6.45) is 1.81. The highest BCUT2D eigenvalue weighted by atomic mass is 79.9. The summed E-state index contributed by atoms with van der Waals surface area (Å²) in [4.78, 5) is 17.7. The third-order valence-corrected chi connectivity index (χ3v) is 5.42. The number of carbonyl (C=O) groups is 1.